The van der Waals surface area contributed by atoms with E-state index >= 15 is 0 Å². The van der Waals surface area contributed by atoms with Crippen LogP contribution in [0, 0.1) is 0 Å². The third kappa shape index (κ3) is 2.86. The second-order valence-corrected chi connectivity index (χ2v) is 4.84. The summed E-state index contributed by atoms with van der Waals surface area (Å²) in [6.07, 6.45) is 0. The number of carbonyl (C=O) groups excluding carboxylic acids is 1. The average molecular weight is 284 g/mol. The zero-order valence-electron chi connectivity index (χ0n) is 11.5. The van der Waals surface area contributed by atoms with Crippen molar-refractivity contribution in [3.8, 4) is 0 Å². The second-order valence-electron chi connectivity index (χ2n) is 4.84. The number of carboxylic acid groups (broad SMARTS) is 1. The van der Waals surface area contributed by atoms with Gasteiger partial charge in [0.25, 0.3) is 5.91 Å². The number of hydrogen-bond acceptors (Lipinski definition) is 3. The number of hydrogen-bond donors (Lipinski definition) is 3. The molecule has 108 valence electrons. The molecule has 0 fully saturated rings. The maximum Gasteiger partial charge on any atom is 0.333 e. The number of benzene rings is 2. The van der Waals surface area contributed by atoms with Crippen molar-refractivity contribution in [2.75, 3.05) is 5.73 Å². The van der Waals surface area contributed by atoms with E-state index in [1.807, 2.05) is 0 Å². The van der Waals surface area contributed by atoms with Crippen molar-refractivity contribution < 1.29 is 14.7 Å². The quantitative estimate of drug-likeness (QED) is 0.749. The lowest BCUT2D eigenvalue weighted by Gasteiger charge is -2.27. The predicted molar refractivity (Wildman–Crippen MR) is 79.8 cm³/mol. The molecule has 1 atom stereocenters. The van der Waals surface area contributed by atoms with Gasteiger partial charge in [-0.2, -0.15) is 0 Å². The second kappa shape index (κ2) is 5.66. The number of amides is 1. The first-order valence-corrected chi connectivity index (χ1v) is 6.41. The molecule has 21 heavy (non-hydrogen) atoms. The number of carbonyl (C=O) groups is 2. The Kier molecular flexibility index (Phi) is 3.93. The average Bonchev–Trinajstić information content (AvgIpc) is 2.48. The first-order valence-electron chi connectivity index (χ1n) is 6.41. The SMILES string of the molecule is CC(NC(=O)c1ccccc1N)(C(=O)O)c1ccccc1. The Balaban J connectivity index is 2.36. The number of nitrogens with two attached hydrogens (primary N) is 1. The van der Waals surface area contributed by atoms with Crippen molar-refractivity contribution in [3.63, 3.8) is 0 Å². The highest BCUT2D eigenvalue weighted by atomic mass is 16.4. The van der Waals surface area contributed by atoms with Gasteiger partial charge in [0.2, 0.25) is 0 Å². The summed E-state index contributed by atoms with van der Waals surface area (Å²) in [5.74, 6) is -1.67. The standard InChI is InChI=1S/C16H16N2O3/c1-16(15(20)21,11-7-3-2-4-8-11)18-14(19)12-9-5-6-10-13(12)17/h2-10H,17H2,1H3,(H,18,19)(H,20,21). The van der Waals surface area contributed by atoms with Crippen LogP contribution in [0.25, 0.3) is 0 Å². The van der Waals surface area contributed by atoms with Crippen molar-refractivity contribution in [2.45, 2.75) is 12.5 Å². The van der Waals surface area contributed by atoms with Crippen molar-refractivity contribution in [1.82, 2.24) is 5.32 Å². The fourth-order valence-electron chi connectivity index (χ4n) is 2.02. The highest BCUT2D eigenvalue weighted by molar-refractivity contribution is 6.01. The van der Waals surface area contributed by atoms with Crippen LogP contribution in [0.4, 0.5) is 5.69 Å². The normalized spacial score (nSPS) is 13.2. The molecule has 0 aliphatic carbocycles. The predicted octanol–water partition coefficient (Wildman–Crippen LogP) is 2.00. The van der Waals surface area contributed by atoms with Crippen LogP contribution in [0.3, 0.4) is 0 Å². The molecule has 2 aromatic rings. The highest BCUT2D eigenvalue weighted by Crippen LogP contribution is 2.22. The molecular weight excluding hydrogens is 268 g/mol. The molecule has 2 aromatic carbocycles. The number of aliphatic carboxylic acids is 1. The summed E-state index contributed by atoms with van der Waals surface area (Å²) < 4.78 is 0. The fraction of sp³-hybridized carbons (Fsp3) is 0.125. The van der Waals surface area contributed by atoms with Crippen LogP contribution in [0.2, 0.25) is 0 Å². The lowest BCUT2D eigenvalue weighted by atomic mass is 9.91. The molecule has 0 saturated heterocycles. The number of carboxylic acids is 1. The monoisotopic (exact) mass is 284 g/mol. The van der Waals surface area contributed by atoms with Crippen molar-refractivity contribution in [3.05, 3.63) is 65.7 Å². The summed E-state index contributed by atoms with van der Waals surface area (Å²) in [5, 5.41) is 12.1. The Hall–Kier alpha value is -2.82. The van der Waals surface area contributed by atoms with Gasteiger partial charge in [-0.15, -0.1) is 0 Å². The number of rotatable bonds is 4. The van der Waals surface area contributed by atoms with Gasteiger partial charge in [0, 0.05) is 5.69 Å². The van der Waals surface area contributed by atoms with Crippen LogP contribution >= 0.6 is 0 Å². The smallest absolute Gasteiger partial charge is 0.333 e. The Labute approximate surface area is 122 Å². The van der Waals surface area contributed by atoms with Gasteiger partial charge in [-0.1, -0.05) is 42.5 Å². The maximum atomic E-state index is 12.3. The molecule has 5 heteroatoms. The Morgan fingerprint density at radius 2 is 1.62 bits per heavy atom. The maximum absolute atomic E-state index is 12.3. The van der Waals surface area contributed by atoms with E-state index in [1.54, 1.807) is 54.6 Å². The molecule has 0 aromatic heterocycles. The summed E-state index contributed by atoms with van der Waals surface area (Å²) in [6, 6.07) is 15.1. The molecule has 1 unspecified atom stereocenters. The summed E-state index contributed by atoms with van der Waals surface area (Å²) in [7, 11) is 0. The largest absolute Gasteiger partial charge is 0.479 e. The van der Waals surface area contributed by atoms with E-state index in [0.717, 1.165) is 0 Å². The van der Waals surface area contributed by atoms with Crippen LogP contribution in [0.1, 0.15) is 22.8 Å². The van der Waals surface area contributed by atoms with Gasteiger partial charge in [0.1, 0.15) is 0 Å². The van der Waals surface area contributed by atoms with Gasteiger partial charge in [-0.05, 0) is 24.6 Å². The molecule has 0 aliphatic heterocycles. The summed E-state index contributed by atoms with van der Waals surface area (Å²) in [4.78, 5) is 23.9. The van der Waals surface area contributed by atoms with Crippen LogP contribution in [0.5, 0.6) is 0 Å². The molecule has 2 rings (SSSR count). The van der Waals surface area contributed by atoms with E-state index in [-0.39, 0.29) is 5.56 Å². The molecule has 4 N–H and O–H groups in total. The van der Waals surface area contributed by atoms with E-state index in [0.29, 0.717) is 11.3 Å². The van der Waals surface area contributed by atoms with Gasteiger partial charge in [0.15, 0.2) is 5.54 Å². The molecule has 5 nitrogen and oxygen atoms in total. The molecule has 0 heterocycles. The molecule has 0 aliphatic rings. The Bertz CT molecular complexity index is 670. The minimum atomic E-state index is -1.53. The van der Waals surface area contributed by atoms with Gasteiger partial charge in [0.05, 0.1) is 5.56 Å². The minimum Gasteiger partial charge on any atom is -0.479 e. The van der Waals surface area contributed by atoms with Crippen molar-refractivity contribution in [2.24, 2.45) is 0 Å². The van der Waals surface area contributed by atoms with Crippen LogP contribution in [-0.2, 0) is 10.3 Å². The summed E-state index contributed by atoms with van der Waals surface area (Å²) in [5.41, 5.74) is 5.26. The Morgan fingerprint density at radius 3 is 2.19 bits per heavy atom. The highest BCUT2D eigenvalue weighted by Gasteiger charge is 2.37. The third-order valence-corrected chi connectivity index (χ3v) is 3.35. The van der Waals surface area contributed by atoms with Gasteiger partial charge >= 0.3 is 5.97 Å². The van der Waals surface area contributed by atoms with Gasteiger partial charge < -0.3 is 16.2 Å². The summed E-state index contributed by atoms with van der Waals surface area (Å²) in [6.45, 7) is 1.45. The molecule has 0 saturated carbocycles. The van der Waals surface area contributed by atoms with E-state index in [9.17, 15) is 14.7 Å². The molecule has 0 bridgehead atoms. The zero-order chi connectivity index (χ0) is 15.5. The van der Waals surface area contributed by atoms with E-state index in [1.165, 1.54) is 6.92 Å². The van der Waals surface area contributed by atoms with E-state index < -0.39 is 17.4 Å². The fourth-order valence-corrected chi connectivity index (χ4v) is 2.02. The number of anilines is 1. The number of nitrogens with one attached hydrogen (secondary N) is 1. The van der Waals surface area contributed by atoms with Crippen LogP contribution in [0.15, 0.2) is 54.6 Å². The van der Waals surface area contributed by atoms with E-state index in [2.05, 4.69) is 5.32 Å². The van der Waals surface area contributed by atoms with E-state index in [4.69, 9.17) is 5.73 Å². The van der Waals surface area contributed by atoms with Gasteiger partial charge in [-0.3, -0.25) is 4.79 Å². The lowest BCUT2D eigenvalue weighted by Crippen LogP contribution is -2.49. The molecule has 0 spiro atoms. The minimum absolute atomic E-state index is 0.251. The first kappa shape index (κ1) is 14.6. The molecule has 0 radical (unpaired) electrons. The lowest BCUT2D eigenvalue weighted by molar-refractivity contribution is -0.144. The van der Waals surface area contributed by atoms with Crippen LogP contribution in [-0.4, -0.2) is 17.0 Å². The number of nitrogen functional groups attached to an aromatic ring is 1. The Morgan fingerprint density at radius 1 is 1.05 bits per heavy atom. The molecule has 1 amide bonds. The summed E-state index contributed by atoms with van der Waals surface area (Å²) >= 11 is 0. The topological polar surface area (TPSA) is 92.4 Å². The van der Waals surface area contributed by atoms with Gasteiger partial charge in [-0.25, -0.2) is 4.79 Å². The first-order chi connectivity index (χ1) is 9.95. The van der Waals surface area contributed by atoms with Crippen molar-refractivity contribution in [1.29, 1.82) is 0 Å². The third-order valence-electron chi connectivity index (χ3n) is 3.35. The molecular formula is C16H16N2O3. The van der Waals surface area contributed by atoms with Crippen LogP contribution < -0.4 is 11.1 Å². The zero-order valence-corrected chi connectivity index (χ0v) is 11.5. The number of para-hydroxylation sites is 1. The van der Waals surface area contributed by atoms with Crippen molar-refractivity contribution >= 4 is 17.6 Å².